The largest absolute Gasteiger partial charge is 0.458 e. The van der Waals surface area contributed by atoms with Crippen LogP contribution in [0.25, 0.3) is 0 Å². The van der Waals surface area contributed by atoms with Crippen molar-refractivity contribution in [2.45, 2.75) is 158 Å². The van der Waals surface area contributed by atoms with E-state index in [2.05, 4.69) is 13.8 Å². The van der Waals surface area contributed by atoms with Gasteiger partial charge in [-0.2, -0.15) is 0 Å². The molecule has 0 aromatic heterocycles. The molecular weight excluding hydrogens is 628 g/mol. The lowest BCUT2D eigenvalue weighted by Crippen LogP contribution is -2.67. The second-order valence-electron chi connectivity index (χ2n) is 16.4. The van der Waals surface area contributed by atoms with Gasteiger partial charge < -0.3 is 59.4 Å². The number of carbonyl (C=O) groups is 1. The normalized spacial score (nSPS) is 55.3. The Kier molecular flexibility index (Phi) is 9.14. The Morgan fingerprint density at radius 3 is 2.29 bits per heavy atom. The van der Waals surface area contributed by atoms with Crippen LogP contribution in [0.1, 0.15) is 85.0 Å². The molecule has 0 bridgehead atoms. The van der Waals surface area contributed by atoms with Gasteiger partial charge in [-0.05, 0) is 87.0 Å². The zero-order valence-corrected chi connectivity index (χ0v) is 28.1. The Balaban J connectivity index is 0.982. The molecule has 0 radical (unpaired) electrons. The molecule has 3 aliphatic heterocycles. The maximum absolute atomic E-state index is 12.5. The van der Waals surface area contributed by atoms with Crippen LogP contribution in [0, 0.1) is 28.6 Å². The molecule has 0 aromatic carbocycles. The van der Waals surface area contributed by atoms with Gasteiger partial charge >= 0.3 is 5.97 Å². The fourth-order valence-corrected chi connectivity index (χ4v) is 11.3. The monoisotopic (exact) mass is 682 g/mol. The first-order chi connectivity index (χ1) is 22.6. The Bertz CT molecular complexity index is 1250. The smallest absolute Gasteiger partial charge is 0.331 e. The number of carbonyl (C=O) groups excluding carboxylic acids is 1. The van der Waals surface area contributed by atoms with E-state index in [0.717, 1.165) is 31.3 Å². The number of hydrogen-bond donors (Lipinski definition) is 7. The van der Waals surface area contributed by atoms with Crippen molar-refractivity contribution in [3.63, 3.8) is 0 Å². The first kappa shape index (κ1) is 35.2. The molecule has 4 aliphatic carbocycles. The molecular formula is C35H54O13. The summed E-state index contributed by atoms with van der Waals surface area (Å²) in [6.07, 6.45) is -2.93. The third-order valence-corrected chi connectivity index (χ3v) is 14.2. The fraction of sp³-hybridized carbons (Fsp3) is 0.914. The van der Waals surface area contributed by atoms with Crippen molar-refractivity contribution < 1.29 is 64.2 Å². The molecule has 13 heteroatoms. The second kappa shape index (κ2) is 12.5. The molecule has 6 fully saturated rings. The summed E-state index contributed by atoms with van der Waals surface area (Å²) < 4.78 is 29.0. The average molecular weight is 683 g/mol. The zero-order chi connectivity index (χ0) is 34.4. The highest BCUT2D eigenvalue weighted by atomic mass is 16.7. The number of aliphatic hydroxyl groups is 7. The van der Waals surface area contributed by atoms with Crippen LogP contribution in [-0.4, -0.2) is 128 Å². The second-order valence-corrected chi connectivity index (χ2v) is 16.4. The standard InChI is InChI=1S/C35H54O13/c1-17-30(48-31-29(41)28(40)27(39)24(15-36)47-31)23(37)13-26(45-17)46-19-4-8-32(2)21-5-9-33(3)20(18-12-25(38)44-16-18)7-11-35(33,43)22(21)6-10-34(32,42)14-19/h12,17,19-24,26-31,36-37,39-43H,4-11,13-16H2,1-3H3/t17-,19+,20-,21+,22-,23+,24-,26+,27-,28+,29-,30-,31+,32-,33-,34+,35+/m1/s1. The van der Waals surface area contributed by atoms with E-state index in [-0.39, 0.29) is 41.7 Å². The lowest BCUT2D eigenvalue weighted by atomic mass is 9.42. The van der Waals surface area contributed by atoms with E-state index in [1.807, 2.05) is 0 Å². The molecule has 0 unspecified atom stereocenters. The number of fused-ring (bicyclic) bond motifs is 5. The Morgan fingerprint density at radius 2 is 1.60 bits per heavy atom. The van der Waals surface area contributed by atoms with E-state index in [1.54, 1.807) is 13.0 Å². The van der Waals surface area contributed by atoms with Gasteiger partial charge in [0.25, 0.3) is 0 Å². The van der Waals surface area contributed by atoms with Gasteiger partial charge in [-0.25, -0.2) is 4.79 Å². The molecule has 0 spiro atoms. The van der Waals surface area contributed by atoms with Crippen molar-refractivity contribution in [2.24, 2.45) is 28.6 Å². The number of aliphatic hydroxyl groups excluding tert-OH is 5. The molecule has 13 nitrogen and oxygen atoms in total. The Labute approximate surface area is 281 Å². The van der Waals surface area contributed by atoms with E-state index in [0.29, 0.717) is 38.7 Å². The van der Waals surface area contributed by atoms with Gasteiger partial charge in [0.1, 0.15) is 37.1 Å². The first-order valence-corrected chi connectivity index (χ1v) is 17.9. The molecule has 0 amide bonds. The summed E-state index contributed by atoms with van der Waals surface area (Å²) >= 11 is 0. The third kappa shape index (κ3) is 5.34. The molecule has 0 aromatic rings. The van der Waals surface area contributed by atoms with Crippen LogP contribution in [0.4, 0.5) is 0 Å². The van der Waals surface area contributed by atoms with Crippen LogP contribution in [0.3, 0.4) is 0 Å². The average Bonchev–Trinajstić information content (AvgIpc) is 3.58. The summed E-state index contributed by atoms with van der Waals surface area (Å²) in [5.74, 6) is 0.0253. The quantitative estimate of drug-likeness (QED) is 0.150. The summed E-state index contributed by atoms with van der Waals surface area (Å²) in [7, 11) is 0. The van der Waals surface area contributed by atoms with Gasteiger partial charge in [0, 0.05) is 24.3 Å². The minimum absolute atomic E-state index is 0.0564. The van der Waals surface area contributed by atoms with Crippen molar-refractivity contribution in [3.05, 3.63) is 11.6 Å². The number of esters is 1. The lowest BCUT2D eigenvalue weighted by molar-refractivity contribution is -0.345. The minimum Gasteiger partial charge on any atom is -0.458 e. The SMILES string of the molecule is C[C@H]1O[C@@H](O[C@H]2CC[C@]3(C)[C@H]4CC[C@]5(C)[C@@H](C6=CC(=O)OC6)CC[C@]5(O)[C@@H]4CC[C@]3(O)C2)C[C@H](O)[C@@H]1O[C@@H]1O[C@H](CO)[C@@H](O)[C@H](O)[C@H]1O. The number of rotatable bonds is 6. The van der Waals surface area contributed by atoms with Crippen molar-refractivity contribution in [1.82, 2.24) is 0 Å². The van der Waals surface area contributed by atoms with Gasteiger partial charge in [0.05, 0.1) is 36.1 Å². The molecule has 4 saturated carbocycles. The minimum atomic E-state index is -1.60. The Hall–Kier alpha value is -1.23. The Morgan fingerprint density at radius 1 is 0.875 bits per heavy atom. The number of ether oxygens (including phenoxy) is 5. The maximum Gasteiger partial charge on any atom is 0.331 e. The maximum atomic E-state index is 12.5. The van der Waals surface area contributed by atoms with Gasteiger partial charge in [0.15, 0.2) is 12.6 Å². The molecule has 7 rings (SSSR count). The van der Waals surface area contributed by atoms with Crippen LogP contribution in [0.2, 0.25) is 0 Å². The predicted molar refractivity (Wildman–Crippen MR) is 166 cm³/mol. The highest BCUT2D eigenvalue weighted by Gasteiger charge is 2.70. The molecule has 48 heavy (non-hydrogen) atoms. The van der Waals surface area contributed by atoms with Gasteiger partial charge in [0.2, 0.25) is 0 Å². The van der Waals surface area contributed by atoms with Crippen LogP contribution < -0.4 is 0 Å². The zero-order valence-electron chi connectivity index (χ0n) is 28.1. The predicted octanol–water partition coefficient (Wildman–Crippen LogP) is 0.424. The highest BCUT2D eigenvalue weighted by molar-refractivity contribution is 5.85. The van der Waals surface area contributed by atoms with Crippen molar-refractivity contribution in [2.75, 3.05) is 13.2 Å². The molecule has 7 aliphatic rings. The van der Waals surface area contributed by atoms with Crippen LogP contribution in [0.15, 0.2) is 11.6 Å². The van der Waals surface area contributed by atoms with Crippen molar-refractivity contribution in [3.8, 4) is 0 Å². The van der Waals surface area contributed by atoms with E-state index in [4.69, 9.17) is 23.7 Å². The van der Waals surface area contributed by atoms with Gasteiger partial charge in [-0.1, -0.05) is 13.8 Å². The highest BCUT2D eigenvalue weighted by Crippen LogP contribution is 2.70. The van der Waals surface area contributed by atoms with Crippen LogP contribution >= 0.6 is 0 Å². The number of cyclic esters (lactones) is 1. The van der Waals surface area contributed by atoms with E-state index < -0.39 is 78.5 Å². The van der Waals surface area contributed by atoms with E-state index in [1.165, 1.54) is 0 Å². The summed E-state index contributed by atoms with van der Waals surface area (Å²) in [6.45, 7) is 5.80. The summed E-state index contributed by atoms with van der Waals surface area (Å²) in [5, 5.41) is 76.0. The molecule has 272 valence electrons. The van der Waals surface area contributed by atoms with Crippen LogP contribution in [-0.2, 0) is 28.5 Å². The molecule has 17 atom stereocenters. The summed E-state index contributed by atoms with van der Waals surface area (Å²) in [4.78, 5) is 11.9. The molecule has 3 heterocycles. The fourth-order valence-electron chi connectivity index (χ4n) is 11.3. The van der Waals surface area contributed by atoms with Gasteiger partial charge in [-0.3, -0.25) is 0 Å². The van der Waals surface area contributed by atoms with Crippen LogP contribution in [0.5, 0.6) is 0 Å². The lowest BCUT2D eigenvalue weighted by Gasteiger charge is -2.66. The summed E-state index contributed by atoms with van der Waals surface area (Å²) in [5.41, 5.74) is -1.60. The van der Waals surface area contributed by atoms with E-state index >= 15 is 0 Å². The number of hydrogen-bond acceptors (Lipinski definition) is 13. The van der Waals surface area contributed by atoms with E-state index in [9.17, 15) is 40.5 Å². The van der Waals surface area contributed by atoms with Gasteiger partial charge in [-0.15, -0.1) is 0 Å². The first-order valence-electron chi connectivity index (χ1n) is 17.9. The third-order valence-electron chi connectivity index (χ3n) is 14.2. The summed E-state index contributed by atoms with van der Waals surface area (Å²) in [6, 6.07) is 0. The van der Waals surface area contributed by atoms with Crippen molar-refractivity contribution in [1.29, 1.82) is 0 Å². The topological polar surface area (TPSA) is 205 Å². The molecule has 2 saturated heterocycles. The van der Waals surface area contributed by atoms with Crippen molar-refractivity contribution >= 4 is 5.97 Å². The molecule has 7 N–H and O–H groups in total.